The van der Waals surface area contributed by atoms with Crippen LogP contribution in [0.5, 0.6) is 5.75 Å². The number of halogens is 1. The zero-order chi connectivity index (χ0) is 11.4. The summed E-state index contributed by atoms with van der Waals surface area (Å²) in [5.74, 6) is 0.942. The highest BCUT2D eigenvalue weighted by Gasteiger charge is 1.99. The predicted octanol–water partition coefficient (Wildman–Crippen LogP) is 4.44. The molecule has 0 spiro atoms. The highest BCUT2D eigenvalue weighted by molar-refractivity contribution is 9.10. The number of thiophene rings is 1. The second kappa shape index (κ2) is 5.51. The maximum atomic E-state index is 5.70. The van der Waals surface area contributed by atoms with Crippen molar-refractivity contribution in [3.05, 3.63) is 50.6 Å². The van der Waals surface area contributed by atoms with Gasteiger partial charge < -0.3 is 4.74 Å². The van der Waals surface area contributed by atoms with Crippen molar-refractivity contribution >= 4 is 27.3 Å². The Kier molecular flexibility index (Phi) is 4.02. The van der Waals surface area contributed by atoms with Gasteiger partial charge >= 0.3 is 0 Å². The first-order valence-corrected chi connectivity index (χ1v) is 6.84. The van der Waals surface area contributed by atoms with Crippen LogP contribution in [0.4, 0.5) is 0 Å². The molecule has 2 aromatic rings. The monoisotopic (exact) mass is 296 g/mol. The van der Waals surface area contributed by atoms with Crippen LogP contribution in [0.25, 0.3) is 0 Å². The fraction of sp³-hybridized carbons (Fsp3) is 0.231. The number of rotatable bonds is 4. The van der Waals surface area contributed by atoms with E-state index in [9.17, 15) is 0 Å². The van der Waals surface area contributed by atoms with Crippen LogP contribution in [0.3, 0.4) is 0 Å². The Morgan fingerprint density at radius 3 is 2.88 bits per heavy atom. The van der Waals surface area contributed by atoms with E-state index >= 15 is 0 Å². The van der Waals surface area contributed by atoms with Gasteiger partial charge in [0.2, 0.25) is 0 Å². The molecule has 16 heavy (non-hydrogen) atoms. The van der Waals surface area contributed by atoms with Gasteiger partial charge in [0, 0.05) is 15.8 Å². The zero-order valence-electron chi connectivity index (χ0n) is 9.07. The molecule has 0 aliphatic heterocycles. The van der Waals surface area contributed by atoms with Crippen LogP contribution < -0.4 is 4.74 Å². The molecule has 2 rings (SSSR count). The molecule has 0 amide bonds. The minimum absolute atomic E-state index is 0.738. The number of hydrogen-bond donors (Lipinski definition) is 0. The summed E-state index contributed by atoms with van der Waals surface area (Å²) in [7, 11) is 0. The van der Waals surface area contributed by atoms with E-state index in [0.29, 0.717) is 0 Å². The lowest BCUT2D eigenvalue weighted by Gasteiger charge is -2.06. The SMILES string of the molecule is Cc1cc(OCCc2cccs2)ccc1Br. The second-order valence-corrected chi connectivity index (χ2v) is 5.48. The van der Waals surface area contributed by atoms with Crippen molar-refractivity contribution < 1.29 is 4.74 Å². The van der Waals surface area contributed by atoms with Crippen LogP contribution in [-0.2, 0) is 6.42 Å². The molecular formula is C13H13BrOS. The van der Waals surface area contributed by atoms with Gasteiger partial charge in [0.15, 0.2) is 0 Å². The highest BCUT2D eigenvalue weighted by Crippen LogP contribution is 2.21. The van der Waals surface area contributed by atoms with E-state index in [2.05, 4.69) is 46.4 Å². The first-order chi connectivity index (χ1) is 7.75. The smallest absolute Gasteiger partial charge is 0.119 e. The Morgan fingerprint density at radius 2 is 2.19 bits per heavy atom. The van der Waals surface area contributed by atoms with Crippen molar-refractivity contribution in [3.63, 3.8) is 0 Å². The van der Waals surface area contributed by atoms with Gasteiger partial charge in [-0.1, -0.05) is 22.0 Å². The summed E-state index contributed by atoms with van der Waals surface area (Å²) in [4.78, 5) is 1.37. The van der Waals surface area contributed by atoms with Gasteiger partial charge in [-0.3, -0.25) is 0 Å². The number of ether oxygens (including phenoxy) is 1. The van der Waals surface area contributed by atoms with Crippen LogP contribution in [0, 0.1) is 6.92 Å². The van der Waals surface area contributed by atoms with Gasteiger partial charge in [0.1, 0.15) is 5.75 Å². The molecule has 0 radical (unpaired) electrons. The normalized spacial score (nSPS) is 10.4. The van der Waals surface area contributed by atoms with Crippen LogP contribution in [0.15, 0.2) is 40.2 Å². The molecule has 0 N–H and O–H groups in total. The van der Waals surface area contributed by atoms with E-state index < -0.39 is 0 Å². The molecule has 0 bridgehead atoms. The maximum absolute atomic E-state index is 5.70. The Hall–Kier alpha value is -0.800. The fourth-order valence-electron chi connectivity index (χ4n) is 1.43. The van der Waals surface area contributed by atoms with Gasteiger partial charge in [-0.2, -0.15) is 0 Å². The van der Waals surface area contributed by atoms with Crippen LogP contribution in [-0.4, -0.2) is 6.61 Å². The van der Waals surface area contributed by atoms with E-state index in [1.807, 2.05) is 12.1 Å². The van der Waals surface area contributed by atoms with E-state index in [-0.39, 0.29) is 0 Å². The van der Waals surface area contributed by atoms with Crippen LogP contribution >= 0.6 is 27.3 Å². The molecule has 0 unspecified atom stereocenters. The zero-order valence-corrected chi connectivity index (χ0v) is 11.5. The van der Waals surface area contributed by atoms with Crippen molar-refractivity contribution in [2.75, 3.05) is 6.61 Å². The van der Waals surface area contributed by atoms with Crippen molar-refractivity contribution in [3.8, 4) is 5.75 Å². The summed E-state index contributed by atoms with van der Waals surface area (Å²) in [6.07, 6.45) is 0.979. The molecule has 0 saturated carbocycles. The largest absolute Gasteiger partial charge is 0.493 e. The van der Waals surface area contributed by atoms with E-state index in [1.165, 1.54) is 10.4 Å². The third-order valence-electron chi connectivity index (χ3n) is 2.33. The Balaban J connectivity index is 1.87. The second-order valence-electron chi connectivity index (χ2n) is 3.59. The van der Waals surface area contributed by atoms with Crippen molar-refractivity contribution in [2.24, 2.45) is 0 Å². The summed E-state index contributed by atoms with van der Waals surface area (Å²) in [5, 5.41) is 2.10. The number of hydrogen-bond acceptors (Lipinski definition) is 2. The standard InChI is InChI=1S/C13H13BrOS/c1-10-9-11(4-5-13(10)14)15-7-6-12-3-2-8-16-12/h2-5,8-9H,6-7H2,1H3. The molecule has 0 fully saturated rings. The summed E-state index contributed by atoms with van der Waals surface area (Å²) < 4.78 is 6.82. The lowest BCUT2D eigenvalue weighted by atomic mass is 10.2. The fourth-order valence-corrected chi connectivity index (χ4v) is 2.37. The molecule has 84 valence electrons. The number of benzene rings is 1. The Bertz CT molecular complexity index is 451. The molecule has 1 aromatic heterocycles. The maximum Gasteiger partial charge on any atom is 0.119 e. The van der Waals surface area contributed by atoms with Gasteiger partial charge in [-0.25, -0.2) is 0 Å². The molecule has 0 atom stereocenters. The predicted molar refractivity (Wildman–Crippen MR) is 72.4 cm³/mol. The molecule has 3 heteroatoms. The number of aryl methyl sites for hydroxylation is 1. The molecule has 0 saturated heterocycles. The average Bonchev–Trinajstić information content (AvgIpc) is 2.76. The van der Waals surface area contributed by atoms with E-state index in [1.54, 1.807) is 11.3 Å². The molecule has 1 heterocycles. The van der Waals surface area contributed by atoms with Crippen LogP contribution in [0.2, 0.25) is 0 Å². The molecule has 1 aromatic carbocycles. The van der Waals surface area contributed by atoms with E-state index in [4.69, 9.17) is 4.74 Å². The highest BCUT2D eigenvalue weighted by atomic mass is 79.9. The summed E-state index contributed by atoms with van der Waals surface area (Å²) in [6, 6.07) is 10.3. The quantitative estimate of drug-likeness (QED) is 0.810. The minimum atomic E-state index is 0.738. The van der Waals surface area contributed by atoms with Gasteiger partial charge in [0.25, 0.3) is 0 Å². The van der Waals surface area contributed by atoms with Crippen molar-refractivity contribution in [1.82, 2.24) is 0 Å². The molecular weight excluding hydrogens is 284 g/mol. The Labute approximate surface area is 108 Å². The first-order valence-electron chi connectivity index (χ1n) is 5.17. The van der Waals surface area contributed by atoms with Crippen molar-refractivity contribution in [1.29, 1.82) is 0 Å². The topological polar surface area (TPSA) is 9.23 Å². The van der Waals surface area contributed by atoms with Crippen molar-refractivity contribution in [2.45, 2.75) is 13.3 Å². The summed E-state index contributed by atoms with van der Waals surface area (Å²) in [5.41, 5.74) is 1.20. The summed E-state index contributed by atoms with van der Waals surface area (Å²) in [6.45, 7) is 2.80. The lowest BCUT2D eigenvalue weighted by Crippen LogP contribution is -2.00. The van der Waals surface area contributed by atoms with Gasteiger partial charge in [-0.05, 0) is 42.1 Å². The molecule has 0 aliphatic rings. The van der Waals surface area contributed by atoms with Gasteiger partial charge in [-0.15, -0.1) is 11.3 Å². The van der Waals surface area contributed by atoms with Gasteiger partial charge in [0.05, 0.1) is 6.61 Å². The third kappa shape index (κ3) is 3.09. The third-order valence-corrected chi connectivity index (χ3v) is 4.15. The van der Waals surface area contributed by atoms with Crippen LogP contribution in [0.1, 0.15) is 10.4 Å². The minimum Gasteiger partial charge on any atom is -0.493 e. The lowest BCUT2D eigenvalue weighted by molar-refractivity contribution is 0.322. The molecule has 0 aliphatic carbocycles. The summed E-state index contributed by atoms with van der Waals surface area (Å²) >= 11 is 5.25. The Morgan fingerprint density at radius 1 is 1.31 bits per heavy atom. The average molecular weight is 297 g/mol. The first kappa shape index (κ1) is 11.7. The van der Waals surface area contributed by atoms with E-state index in [0.717, 1.165) is 23.2 Å². The molecule has 1 nitrogen and oxygen atoms in total.